The smallest absolute Gasteiger partial charge is 0.0786 e. The molecule has 1 nitrogen and oxygen atoms in total. The molecule has 0 N–H and O–H groups in total. The van der Waals surface area contributed by atoms with Crippen molar-refractivity contribution in [2.24, 2.45) is 0 Å². The van der Waals surface area contributed by atoms with Crippen LogP contribution in [0.4, 0.5) is 0 Å². The summed E-state index contributed by atoms with van der Waals surface area (Å²) < 4.78 is 1.47. The largest absolute Gasteiger partial charge is 0.324 e. The molecule has 0 radical (unpaired) electrons. The summed E-state index contributed by atoms with van der Waals surface area (Å²) in [4.78, 5) is 0. The fourth-order valence-electron chi connectivity index (χ4n) is 5.40. The molecule has 1 heteroatoms. The second-order valence-electron chi connectivity index (χ2n) is 11.0. The monoisotopic (exact) mass is 453 g/mol. The molecule has 194 valence electrons. The Kier molecular flexibility index (Phi) is 25.5. The number of hydrogen-bond acceptors (Lipinski definition) is 0. The van der Waals surface area contributed by atoms with Gasteiger partial charge < -0.3 is 4.48 Å². The molecule has 0 fully saturated rings. The Morgan fingerprint density at radius 3 is 0.688 bits per heavy atom. The lowest BCUT2D eigenvalue weighted by atomic mass is 10.0. The van der Waals surface area contributed by atoms with Gasteiger partial charge in [-0.25, -0.2) is 0 Å². The minimum Gasteiger partial charge on any atom is -0.324 e. The van der Waals surface area contributed by atoms with Crippen molar-refractivity contribution in [3.63, 3.8) is 0 Å². The van der Waals surface area contributed by atoms with E-state index in [2.05, 4.69) is 27.7 Å². The molecule has 32 heavy (non-hydrogen) atoms. The molecule has 0 heterocycles. The topological polar surface area (TPSA) is 0 Å². The number of rotatable bonds is 27. The fourth-order valence-corrected chi connectivity index (χ4v) is 5.40. The van der Waals surface area contributed by atoms with E-state index in [1.807, 2.05) is 0 Å². The van der Waals surface area contributed by atoms with Crippen molar-refractivity contribution in [3.05, 3.63) is 0 Å². The van der Waals surface area contributed by atoms with E-state index in [9.17, 15) is 0 Å². The molecule has 0 aliphatic carbocycles. The molecule has 0 bridgehead atoms. The fraction of sp³-hybridized carbons (Fsp3) is 1.00. The van der Waals surface area contributed by atoms with Gasteiger partial charge in [0, 0.05) is 0 Å². The van der Waals surface area contributed by atoms with Gasteiger partial charge in [0.25, 0.3) is 0 Å². The van der Waals surface area contributed by atoms with Crippen LogP contribution in [0.2, 0.25) is 0 Å². The van der Waals surface area contributed by atoms with Crippen molar-refractivity contribution in [3.8, 4) is 0 Å². The van der Waals surface area contributed by atoms with E-state index in [-0.39, 0.29) is 0 Å². The Bertz CT molecular complexity index is 306. The zero-order valence-electron chi connectivity index (χ0n) is 23.5. The van der Waals surface area contributed by atoms with Crippen molar-refractivity contribution in [2.45, 2.75) is 175 Å². The average molecular weight is 453 g/mol. The molecule has 0 unspecified atom stereocenters. The van der Waals surface area contributed by atoms with Crippen LogP contribution in [-0.2, 0) is 0 Å². The molecule has 0 aromatic heterocycles. The summed E-state index contributed by atoms with van der Waals surface area (Å²) >= 11 is 0. The standard InChI is InChI=1S/C31H66N/c1-5-9-13-17-18-19-20-21-22-23-27-31-32(28-24-14-10-6-2,29-25-15-11-7-3)30-26-16-12-8-4/h5-31H2,1-4H3/q+1. The van der Waals surface area contributed by atoms with Crippen LogP contribution in [0.15, 0.2) is 0 Å². The SMILES string of the molecule is CCCCCCCCCCCCC[N+](CCCCCC)(CCCCCC)CCCCCC. The molecule has 0 spiro atoms. The zero-order chi connectivity index (χ0) is 23.6. The Labute approximate surface area is 206 Å². The van der Waals surface area contributed by atoms with Gasteiger partial charge in [0.05, 0.1) is 26.2 Å². The number of unbranched alkanes of at least 4 members (excludes halogenated alkanes) is 19. The molecule has 0 amide bonds. The van der Waals surface area contributed by atoms with Crippen LogP contribution in [0.5, 0.6) is 0 Å². The van der Waals surface area contributed by atoms with Crippen molar-refractivity contribution >= 4 is 0 Å². The van der Waals surface area contributed by atoms with E-state index in [4.69, 9.17) is 0 Å². The molecule has 0 rings (SSSR count). The first-order valence-electron chi connectivity index (χ1n) is 15.6. The first-order valence-corrected chi connectivity index (χ1v) is 15.6. The van der Waals surface area contributed by atoms with Crippen LogP contribution in [0.3, 0.4) is 0 Å². The third-order valence-electron chi connectivity index (χ3n) is 7.69. The van der Waals surface area contributed by atoms with Gasteiger partial charge in [-0.2, -0.15) is 0 Å². The highest BCUT2D eigenvalue weighted by atomic mass is 15.3. The summed E-state index contributed by atoms with van der Waals surface area (Å²) in [5.74, 6) is 0. The number of nitrogens with zero attached hydrogens (tertiary/aromatic N) is 1. The summed E-state index contributed by atoms with van der Waals surface area (Å²) in [6.45, 7) is 15.2. The van der Waals surface area contributed by atoms with Crippen LogP contribution in [-0.4, -0.2) is 30.7 Å². The molecule has 0 saturated carbocycles. The average Bonchev–Trinajstić information content (AvgIpc) is 2.81. The predicted octanol–water partition coefficient (Wildman–Crippen LogP) is 10.9. The minimum absolute atomic E-state index is 1.37. The van der Waals surface area contributed by atoms with Gasteiger partial charge in [-0.15, -0.1) is 0 Å². The van der Waals surface area contributed by atoms with Gasteiger partial charge in [-0.05, 0) is 51.4 Å². The Balaban J connectivity index is 4.39. The molecule has 0 aromatic carbocycles. The quantitative estimate of drug-likeness (QED) is 0.0858. The maximum absolute atomic E-state index is 2.35. The van der Waals surface area contributed by atoms with Crippen molar-refractivity contribution in [1.29, 1.82) is 0 Å². The van der Waals surface area contributed by atoms with Crippen molar-refractivity contribution < 1.29 is 4.48 Å². The Morgan fingerprint density at radius 2 is 0.438 bits per heavy atom. The van der Waals surface area contributed by atoms with E-state index in [1.165, 1.54) is 178 Å². The van der Waals surface area contributed by atoms with Crippen molar-refractivity contribution in [1.82, 2.24) is 0 Å². The normalized spacial score (nSPS) is 12.0. The van der Waals surface area contributed by atoms with E-state index in [1.54, 1.807) is 0 Å². The lowest BCUT2D eigenvalue weighted by Crippen LogP contribution is -2.50. The third kappa shape index (κ3) is 20.6. The van der Waals surface area contributed by atoms with Crippen molar-refractivity contribution in [2.75, 3.05) is 26.2 Å². The second kappa shape index (κ2) is 25.6. The van der Waals surface area contributed by atoms with Crippen LogP contribution < -0.4 is 0 Å². The molecule has 0 atom stereocenters. The first-order chi connectivity index (χ1) is 15.7. The molecule has 0 aliphatic heterocycles. The number of quaternary nitrogens is 1. The minimum atomic E-state index is 1.37. The molecule has 0 aromatic rings. The molecule has 0 saturated heterocycles. The van der Waals surface area contributed by atoms with Gasteiger partial charge >= 0.3 is 0 Å². The highest BCUT2D eigenvalue weighted by Gasteiger charge is 2.25. The summed E-state index contributed by atoms with van der Waals surface area (Å²) in [6, 6.07) is 0. The van der Waals surface area contributed by atoms with Crippen LogP contribution in [0.1, 0.15) is 175 Å². The van der Waals surface area contributed by atoms with Gasteiger partial charge in [-0.1, -0.05) is 124 Å². The predicted molar refractivity (Wildman–Crippen MR) is 149 cm³/mol. The van der Waals surface area contributed by atoms with Gasteiger partial charge in [-0.3, -0.25) is 0 Å². The van der Waals surface area contributed by atoms with Crippen LogP contribution in [0.25, 0.3) is 0 Å². The summed E-state index contributed by atoms with van der Waals surface area (Å²) in [7, 11) is 0. The van der Waals surface area contributed by atoms with E-state index < -0.39 is 0 Å². The highest BCUT2D eigenvalue weighted by Crippen LogP contribution is 2.20. The van der Waals surface area contributed by atoms with E-state index in [0.29, 0.717) is 0 Å². The maximum atomic E-state index is 2.35. The first kappa shape index (κ1) is 32.0. The van der Waals surface area contributed by atoms with Crippen LogP contribution in [0, 0.1) is 0 Å². The van der Waals surface area contributed by atoms with Gasteiger partial charge in [0.1, 0.15) is 0 Å². The summed E-state index contributed by atoms with van der Waals surface area (Å²) in [6.07, 6.45) is 33.3. The van der Waals surface area contributed by atoms with Gasteiger partial charge in [0.15, 0.2) is 0 Å². The summed E-state index contributed by atoms with van der Waals surface area (Å²) in [5, 5.41) is 0. The molecular formula is C31H66N+. The maximum Gasteiger partial charge on any atom is 0.0786 e. The summed E-state index contributed by atoms with van der Waals surface area (Å²) in [5.41, 5.74) is 0. The molecule has 0 aliphatic rings. The van der Waals surface area contributed by atoms with E-state index in [0.717, 1.165) is 0 Å². The Hall–Kier alpha value is -0.0400. The third-order valence-corrected chi connectivity index (χ3v) is 7.69. The Morgan fingerprint density at radius 1 is 0.250 bits per heavy atom. The lowest BCUT2D eigenvalue weighted by molar-refractivity contribution is -0.929. The number of hydrogen-bond donors (Lipinski definition) is 0. The second-order valence-corrected chi connectivity index (χ2v) is 11.0. The van der Waals surface area contributed by atoms with Gasteiger partial charge in [0.2, 0.25) is 0 Å². The molecular weight excluding hydrogens is 386 g/mol. The lowest BCUT2D eigenvalue weighted by Gasteiger charge is -2.39. The van der Waals surface area contributed by atoms with E-state index >= 15 is 0 Å². The zero-order valence-corrected chi connectivity index (χ0v) is 23.5. The van der Waals surface area contributed by atoms with Crippen LogP contribution >= 0.6 is 0 Å². The highest BCUT2D eigenvalue weighted by molar-refractivity contribution is 4.54.